The van der Waals surface area contributed by atoms with Crippen LogP contribution in [-0.4, -0.2) is 9.55 Å². The first-order chi connectivity index (χ1) is 8.58. The number of imidazole rings is 1. The molecule has 2 aromatic rings. The summed E-state index contributed by atoms with van der Waals surface area (Å²) in [5.41, 5.74) is 1.08. The van der Waals surface area contributed by atoms with Crippen molar-refractivity contribution in [2.24, 2.45) is 0 Å². The van der Waals surface area contributed by atoms with Gasteiger partial charge in [0.2, 0.25) is 0 Å². The van der Waals surface area contributed by atoms with E-state index in [4.69, 9.17) is 0 Å². The molecule has 0 saturated heterocycles. The van der Waals surface area contributed by atoms with Gasteiger partial charge in [0.05, 0.1) is 24.3 Å². The Labute approximate surface area is 104 Å². The summed E-state index contributed by atoms with van der Waals surface area (Å²) < 4.78 is 28.4. The second kappa shape index (κ2) is 5.16. The van der Waals surface area contributed by atoms with Crippen molar-refractivity contribution in [2.75, 3.05) is 5.32 Å². The molecule has 5 heteroatoms. The third-order valence-electron chi connectivity index (χ3n) is 2.69. The number of rotatable bonds is 4. The molecule has 96 valence electrons. The lowest BCUT2D eigenvalue weighted by Crippen LogP contribution is -2.09. The molecule has 0 radical (unpaired) electrons. The van der Waals surface area contributed by atoms with Crippen LogP contribution in [-0.2, 0) is 6.54 Å². The molecule has 0 aliphatic heterocycles. The monoisotopic (exact) mass is 251 g/mol. The average Bonchev–Trinajstić information content (AvgIpc) is 2.79. The molecule has 1 aromatic heterocycles. The molecule has 0 spiro atoms. The molecule has 3 nitrogen and oxygen atoms in total. The standard InChI is InChI=1S/C13H15F2N3/c1-9(2)18-8-16-6-11(18)7-17-13-5-10(14)3-4-12(13)15/h3-6,8-9,17H,7H2,1-2H3. The number of nitrogens with one attached hydrogen (secondary N) is 1. The maximum atomic E-state index is 13.4. The van der Waals surface area contributed by atoms with E-state index in [1.165, 1.54) is 0 Å². The fourth-order valence-corrected chi connectivity index (χ4v) is 1.75. The van der Waals surface area contributed by atoms with Gasteiger partial charge in [-0.2, -0.15) is 0 Å². The molecule has 1 aromatic carbocycles. The van der Waals surface area contributed by atoms with Crippen molar-refractivity contribution in [2.45, 2.75) is 26.4 Å². The first-order valence-electron chi connectivity index (χ1n) is 5.77. The number of halogens is 2. The molecular weight excluding hydrogens is 236 g/mol. The molecular formula is C13H15F2N3. The number of benzene rings is 1. The Bertz CT molecular complexity index is 535. The van der Waals surface area contributed by atoms with E-state index in [-0.39, 0.29) is 11.7 Å². The maximum Gasteiger partial charge on any atom is 0.146 e. The van der Waals surface area contributed by atoms with Gasteiger partial charge in [-0.05, 0) is 32.0 Å². The molecule has 0 bridgehead atoms. The van der Waals surface area contributed by atoms with E-state index in [1.807, 2.05) is 18.4 Å². The van der Waals surface area contributed by atoms with Crippen molar-refractivity contribution in [3.63, 3.8) is 0 Å². The summed E-state index contributed by atoms with van der Waals surface area (Å²) in [6.45, 7) is 4.47. The number of aromatic nitrogens is 2. The number of hydrogen-bond donors (Lipinski definition) is 1. The third kappa shape index (κ3) is 2.67. The predicted octanol–water partition coefficient (Wildman–Crippen LogP) is 3.35. The largest absolute Gasteiger partial charge is 0.377 e. The van der Waals surface area contributed by atoms with E-state index in [2.05, 4.69) is 10.3 Å². The van der Waals surface area contributed by atoms with Crippen LogP contribution in [0.4, 0.5) is 14.5 Å². The molecule has 1 heterocycles. The van der Waals surface area contributed by atoms with Gasteiger partial charge in [0, 0.05) is 12.2 Å². The number of anilines is 1. The lowest BCUT2D eigenvalue weighted by atomic mass is 10.3. The fraction of sp³-hybridized carbons (Fsp3) is 0.308. The zero-order valence-corrected chi connectivity index (χ0v) is 10.3. The van der Waals surface area contributed by atoms with Crippen molar-refractivity contribution < 1.29 is 8.78 Å². The minimum absolute atomic E-state index is 0.159. The zero-order chi connectivity index (χ0) is 13.1. The molecule has 0 amide bonds. The Morgan fingerprint density at radius 2 is 2.11 bits per heavy atom. The highest BCUT2D eigenvalue weighted by atomic mass is 19.1. The molecule has 0 unspecified atom stereocenters. The summed E-state index contributed by atoms with van der Waals surface area (Å²) in [5.74, 6) is -0.928. The molecule has 0 aliphatic carbocycles. The predicted molar refractivity (Wildman–Crippen MR) is 66.3 cm³/mol. The highest BCUT2D eigenvalue weighted by molar-refractivity contribution is 5.45. The first-order valence-corrected chi connectivity index (χ1v) is 5.77. The second-order valence-electron chi connectivity index (χ2n) is 4.36. The van der Waals surface area contributed by atoms with Crippen LogP contribution < -0.4 is 5.32 Å². The topological polar surface area (TPSA) is 29.9 Å². The first kappa shape index (κ1) is 12.5. The third-order valence-corrected chi connectivity index (χ3v) is 2.69. The molecule has 18 heavy (non-hydrogen) atoms. The summed E-state index contributed by atoms with van der Waals surface area (Å²) in [4.78, 5) is 4.05. The van der Waals surface area contributed by atoms with Gasteiger partial charge in [0.15, 0.2) is 0 Å². The number of hydrogen-bond acceptors (Lipinski definition) is 2. The Morgan fingerprint density at radius 3 is 2.83 bits per heavy atom. The minimum Gasteiger partial charge on any atom is -0.377 e. The van der Waals surface area contributed by atoms with Gasteiger partial charge in [0.25, 0.3) is 0 Å². The summed E-state index contributed by atoms with van der Waals surface area (Å²) in [6, 6.07) is 3.63. The van der Waals surface area contributed by atoms with Crippen molar-refractivity contribution in [3.8, 4) is 0 Å². The maximum absolute atomic E-state index is 13.4. The second-order valence-corrected chi connectivity index (χ2v) is 4.36. The summed E-state index contributed by atoms with van der Waals surface area (Å²) in [6.07, 6.45) is 3.44. The molecule has 0 aliphatic rings. The SMILES string of the molecule is CC(C)n1cncc1CNc1cc(F)ccc1F. The van der Waals surface area contributed by atoms with Gasteiger partial charge < -0.3 is 9.88 Å². The van der Waals surface area contributed by atoms with E-state index < -0.39 is 11.6 Å². The van der Waals surface area contributed by atoms with Crippen LogP contribution in [0.25, 0.3) is 0 Å². The quantitative estimate of drug-likeness (QED) is 0.903. The lowest BCUT2D eigenvalue weighted by molar-refractivity contribution is 0.575. The van der Waals surface area contributed by atoms with Crippen molar-refractivity contribution >= 4 is 5.69 Å². The average molecular weight is 251 g/mol. The summed E-state index contributed by atoms with van der Waals surface area (Å²) >= 11 is 0. The zero-order valence-electron chi connectivity index (χ0n) is 10.3. The van der Waals surface area contributed by atoms with Gasteiger partial charge in [0.1, 0.15) is 11.6 Å². The van der Waals surface area contributed by atoms with Crippen LogP contribution in [0, 0.1) is 11.6 Å². The van der Waals surface area contributed by atoms with Gasteiger partial charge in [-0.3, -0.25) is 0 Å². The fourth-order valence-electron chi connectivity index (χ4n) is 1.75. The minimum atomic E-state index is -0.466. The lowest BCUT2D eigenvalue weighted by Gasteiger charge is -2.13. The van der Waals surface area contributed by atoms with E-state index in [1.54, 1.807) is 12.5 Å². The van der Waals surface area contributed by atoms with Crippen LogP contribution in [0.15, 0.2) is 30.7 Å². The van der Waals surface area contributed by atoms with Crippen molar-refractivity contribution in [1.82, 2.24) is 9.55 Å². The smallest absolute Gasteiger partial charge is 0.146 e. The summed E-state index contributed by atoms with van der Waals surface area (Å²) in [7, 11) is 0. The normalized spacial score (nSPS) is 10.9. The Balaban J connectivity index is 2.11. The van der Waals surface area contributed by atoms with Gasteiger partial charge in [-0.15, -0.1) is 0 Å². The van der Waals surface area contributed by atoms with Crippen LogP contribution in [0.5, 0.6) is 0 Å². The van der Waals surface area contributed by atoms with Gasteiger partial charge >= 0.3 is 0 Å². The Hall–Kier alpha value is -1.91. The van der Waals surface area contributed by atoms with E-state index in [9.17, 15) is 8.78 Å². The van der Waals surface area contributed by atoms with Crippen LogP contribution in [0.2, 0.25) is 0 Å². The highest BCUT2D eigenvalue weighted by Gasteiger charge is 2.07. The van der Waals surface area contributed by atoms with Crippen LogP contribution >= 0.6 is 0 Å². The molecule has 0 saturated carbocycles. The van der Waals surface area contributed by atoms with E-state index in [0.29, 0.717) is 6.54 Å². The van der Waals surface area contributed by atoms with E-state index in [0.717, 1.165) is 23.9 Å². The molecule has 1 N–H and O–H groups in total. The van der Waals surface area contributed by atoms with Gasteiger partial charge in [-0.25, -0.2) is 13.8 Å². The molecule has 2 rings (SSSR count). The Morgan fingerprint density at radius 1 is 1.33 bits per heavy atom. The van der Waals surface area contributed by atoms with Crippen LogP contribution in [0.3, 0.4) is 0 Å². The van der Waals surface area contributed by atoms with Crippen LogP contribution in [0.1, 0.15) is 25.6 Å². The highest BCUT2D eigenvalue weighted by Crippen LogP contribution is 2.17. The molecule has 0 atom stereocenters. The van der Waals surface area contributed by atoms with Crippen molar-refractivity contribution in [3.05, 3.63) is 48.1 Å². The van der Waals surface area contributed by atoms with Gasteiger partial charge in [-0.1, -0.05) is 0 Å². The molecule has 0 fully saturated rings. The van der Waals surface area contributed by atoms with E-state index >= 15 is 0 Å². The number of nitrogens with zero attached hydrogens (tertiary/aromatic N) is 2. The van der Waals surface area contributed by atoms with Crippen molar-refractivity contribution in [1.29, 1.82) is 0 Å². The Kier molecular flexibility index (Phi) is 3.60. The summed E-state index contributed by atoms with van der Waals surface area (Å²) in [5, 5.41) is 2.88.